The molecule has 1 N–H and O–H groups in total. The molecule has 0 aromatic carbocycles. The van der Waals surface area contributed by atoms with E-state index in [1.165, 1.54) is 6.42 Å². The van der Waals surface area contributed by atoms with E-state index in [-0.39, 0.29) is 0 Å². The molecular formula is C13H22O2. The molecule has 15 heavy (non-hydrogen) atoms. The van der Waals surface area contributed by atoms with Crippen LogP contribution in [0.4, 0.5) is 0 Å². The van der Waals surface area contributed by atoms with E-state index in [0.717, 1.165) is 25.7 Å². The van der Waals surface area contributed by atoms with Gasteiger partial charge in [-0.3, -0.25) is 4.79 Å². The first-order valence-corrected chi connectivity index (χ1v) is 5.99. The van der Waals surface area contributed by atoms with Gasteiger partial charge in [0, 0.05) is 0 Å². The van der Waals surface area contributed by atoms with Crippen molar-refractivity contribution in [3.8, 4) is 0 Å². The Kier molecular flexibility index (Phi) is 4.37. The lowest BCUT2D eigenvalue weighted by Crippen LogP contribution is -2.36. The molecule has 0 aliphatic heterocycles. The summed E-state index contributed by atoms with van der Waals surface area (Å²) in [6.07, 6.45) is 9.78. The zero-order valence-electron chi connectivity index (χ0n) is 9.83. The van der Waals surface area contributed by atoms with E-state index >= 15 is 0 Å². The Morgan fingerprint density at radius 2 is 2.33 bits per heavy atom. The maximum absolute atomic E-state index is 11.4. The molecule has 2 nitrogen and oxygen atoms in total. The highest BCUT2D eigenvalue weighted by Crippen LogP contribution is 2.43. The van der Waals surface area contributed by atoms with Gasteiger partial charge in [0.25, 0.3) is 0 Å². The van der Waals surface area contributed by atoms with Crippen molar-refractivity contribution in [2.24, 2.45) is 11.3 Å². The fraction of sp³-hybridized carbons (Fsp3) is 0.769. The van der Waals surface area contributed by atoms with Crippen molar-refractivity contribution in [2.75, 3.05) is 0 Å². The van der Waals surface area contributed by atoms with Gasteiger partial charge in [-0.25, -0.2) is 0 Å². The van der Waals surface area contributed by atoms with Gasteiger partial charge < -0.3 is 5.11 Å². The van der Waals surface area contributed by atoms with Gasteiger partial charge in [0.2, 0.25) is 0 Å². The third-order valence-electron chi connectivity index (χ3n) is 3.72. The maximum Gasteiger partial charge on any atom is 0.309 e. The second kappa shape index (κ2) is 5.34. The Labute approximate surface area is 92.4 Å². The Morgan fingerprint density at radius 3 is 2.87 bits per heavy atom. The molecular weight excluding hydrogens is 188 g/mol. The summed E-state index contributed by atoms with van der Waals surface area (Å²) in [4.78, 5) is 11.4. The minimum absolute atomic E-state index is 0.467. The van der Waals surface area contributed by atoms with Gasteiger partial charge in [-0.2, -0.15) is 0 Å². The van der Waals surface area contributed by atoms with E-state index in [0.29, 0.717) is 12.3 Å². The molecule has 0 aromatic heterocycles. The van der Waals surface area contributed by atoms with Gasteiger partial charge >= 0.3 is 5.97 Å². The predicted molar refractivity (Wildman–Crippen MR) is 61.7 cm³/mol. The highest BCUT2D eigenvalue weighted by Gasteiger charge is 2.41. The molecule has 1 fully saturated rings. The van der Waals surface area contributed by atoms with Crippen molar-refractivity contribution in [2.45, 2.75) is 52.4 Å². The largest absolute Gasteiger partial charge is 0.481 e. The summed E-state index contributed by atoms with van der Waals surface area (Å²) in [6.45, 7) is 4.12. The molecule has 0 heterocycles. The lowest BCUT2D eigenvalue weighted by Gasteiger charge is -2.36. The van der Waals surface area contributed by atoms with Gasteiger partial charge in [0.1, 0.15) is 0 Å². The predicted octanol–water partition coefficient (Wildman–Crippen LogP) is 3.62. The standard InChI is InChI=1S/C13H22O2/c1-3-5-8-13(12(14)15)9-6-7-11(4-2)10-13/h3,5,11H,4,6-10H2,1-2H3,(H,14,15). The molecule has 2 unspecified atom stereocenters. The smallest absolute Gasteiger partial charge is 0.309 e. The zero-order valence-corrected chi connectivity index (χ0v) is 9.83. The molecule has 1 saturated carbocycles. The fourth-order valence-corrected chi connectivity index (χ4v) is 2.64. The molecule has 1 aliphatic rings. The molecule has 2 heteroatoms. The van der Waals surface area contributed by atoms with Gasteiger partial charge in [-0.05, 0) is 32.1 Å². The molecule has 0 saturated heterocycles. The third-order valence-corrected chi connectivity index (χ3v) is 3.72. The highest BCUT2D eigenvalue weighted by atomic mass is 16.4. The Morgan fingerprint density at radius 1 is 1.60 bits per heavy atom. The summed E-state index contributed by atoms with van der Waals surface area (Å²) >= 11 is 0. The first-order valence-electron chi connectivity index (χ1n) is 5.99. The second-order valence-corrected chi connectivity index (χ2v) is 4.73. The number of carboxylic acid groups (broad SMARTS) is 1. The number of carbonyl (C=O) groups is 1. The van der Waals surface area contributed by atoms with Crippen LogP contribution in [0.5, 0.6) is 0 Å². The quantitative estimate of drug-likeness (QED) is 0.719. The van der Waals surface area contributed by atoms with Crippen LogP contribution in [-0.4, -0.2) is 11.1 Å². The van der Waals surface area contributed by atoms with E-state index in [4.69, 9.17) is 0 Å². The Balaban J connectivity index is 2.75. The van der Waals surface area contributed by atoms with Crippen LogP contribution in [-0.2, 0) is 4.79 Å². The van der Waals surface area contributed by atoms with Crippen molar-refractivity contribution in [1.82, 2.24) is 0 Å². The third kappa shape index (κ3) is 2.83. The number of hydrogen-bond acceptors (Lipinski definition) is 1. The summed E-state index contributed by atoms with van der Waals surface area (Å²) in [7, 11) is 0. The normalized spacial score (nSPS) is 32.0. The van der Waals surface area contributed by atoms with Crippen LogP contribution < -0.4 is 0 Å². The summed E-state index contributed by atoms with van der Waals surface area (Å²) in [5.41, 5.74) is -0.467. The first-order chi connectivity index (χ1) is 7.14. The van der Waals surface area contributed by atoms with Crippen molar-refractivity contribution < 1.29 is 9.90 Å². The summed E-state index contributed by atoms with van der Waals surface area (Å²) in [5, 5.41) is 9.39. The van der Waals surface area contributed by atoms with Gasteiger partial charge in [0.05, 0.1) is 5.41 Å². The molecule has 86 valence electrons. The molecule has 0 aromatic rings. The average molecular weight is 210 g/mol. The minimum atomic E-state index is -0.598. The minimum Gasteiger partial charge on any atom is -0.481 e. The summed E-state index contributed by atoms with van der Waals surface area (Å²) in [5.74, 6) is 0.0128. The molecule has 0 bridgehead atoms. The van der Waals surface area contributed by atoms with E-state index in [9.17, 15) is 9.90 Å². The number of carboxylic acids is 1. The van der Waals surface area contributed by atoms with Gasteiger partial charge in [0.15, 0.2) is 0 Å². The SMILES string of the molecule is CC=CCC1(C(=O)O)CCCC(CC)C1. The first kappa shape index (κ1) is 12.3. The molecule has 1 rings (SSSR count). The molecule has 0 radical (unpaired) electrons. The summed E-state index contributed by atoms with van der Waals surface area (Å²) in [6, 6.07) is 0. The van der Waals surface area contributed by atoms with Crippen molar-refractivity contribution in [3.63, 3.8) is 0 Å². The van der Waals surface area contributed by atoms with E-state index in [1.807, 2.05) is 19.1 Å². The molecule has 0 spiro atoms. The van der Waals surface area contributed by atoms with Crippen LogP contribution in [0, 0.1) is 11.3 Å². The maximum atomic E-state index is 11.4. The van der Waals surface area contributed by atoms with E-state index < -0.39 is 11.4 Å². The lowest BCUT2D eigenvalue weighted by molar-refractivity contribution is -0.152. The topological polar surface area (TPSA) is 37.3 Å². The lowest BCUT2D eigenvalue weighted by atomic mass is 9.67. The van der Waals surface area contributed by atoms with Crippen LogP contribution in [0.25, 0.3) is 0 Å². The molecule has 1 aliphatic carbocycles. The van der Waals surface area contributed by atoms with Crippen LogP contribution in [0.15, 0.2) is 12.2 Å². The Hall–Kier alpha value is -0.790. The van der Waals surface area contributed by atoms with Crippen LogP contribution in [0.1, 0.15) is 52.4 Å². The van der Waals surface area contributed by atoms with Crippen LogP contribution in [0.3, 0.4) is 0 Å². The van der Waals surface area contributed by atoms with Crippen molar-refractivity contribution >= 4 is 5.97 Å². The number of rotatable bonds is 4. The monoisotopic (exact) mass is 210 g/mol. The highest BCUT2D eigenvalue weighted by molar-refractivity contribution is 5.75. The molecule has 0 amide bonds. The van der Waals surface area contributed by atoms with Gasteiger partial charge in [-0.15, -0.1) is 0 Å². The second-order valence-electron chi connectivity index (χ2n) is 4.73. The van der Waals surface area contributed by atoms with E-state index in [1.54, 1.807) is 0 Å². The number of hydrogen-bond donors (Lipinski definition) is 1. The Bertz CT molecular complexity index is 245. The average Bonchev–Trinajstić information content (AvgIpc) is 2.26. The fourth-order valence-electron chi connectivity index (χ4n) is 2.64. The van der Waals surface area contributed by atoms with Gasteiger partial charge in [-0.1, -0.05) is 38.3 Å². The molecule has 2 atom stereocenters. The van der Waals surface area contributed by atoms with Crippen molar-refractivity contribution in [3.05, 3.63) is 12.2 Å². The van der Waals surface area contributed by atoms with Crippen molar-refractivity contribution in [1.29, 1.82) is 0 Å². The van der Waals surface area contributed by atoms with E-state index in [2.05, 4.69) is 6.92 Å². The summed E-state index contributed by atoms with van der Waals surface area (Å²) < 4.78 is 0. The van der Waals surface area contributed by atoms with Crippen LogP contribution >= 0.6 is 0 Å². The number of allylic oxidation sites excluding steroid dienone is 2. The number of aliphatic carboxylic acids is 1. The van der Waals surface area contributed by atoms with Crippen LogP contribution in [0.2, 0.25) is 0 Å². The zero-order chi connectivity index (χ0) is 11.3.